The maximum absolute atomic E-state index is 12.4. The third-order valence-electron chi connectivity index (χ3n) is 4.50. The average molecular weight is 428 g/mol. The van der Waals surface area contributed by atoms with Crippen LogP contribution in [0.1, 0.15) is 30.9 Å². The van der Waals surface area contributed by atoms with Gasteiger partial charge < -0.3 is 20.1 Å². The largest absolute Gasteiger partial charge is 0.497 e. The van der Waals surface area contributed by atoms with Crippen molar-refractivity contribution < 1.29 is 19.1 Å². The number of fused-ring (bicyclic) bond motifs is 1. The molecule has 0 bridgehead atoms. The summed E-state index contributed by atoms with van der Waals surface area (Å²) in [4.78, 5) is 28.6. The van der Waals surface area contributed by atoms with Crippen molar-refractivity contribution in [3.63, 3.8) is 0 Å². The lowest BCUT2D eigenvalue weighted by Crippen LogP contribution is -2.24. The highest BCUT2D eigenvalue weighted by molar-refractivity contribution is 7.22. The third-order valence-corrected chi connectivity index (χ3v) is 5.44. The summed E-state index contributed by atoms with van der Waals surface area (Å²) in [5, 5.41) is 6.32. The number of rotatable bonds is 9. The Morgan fingerprint density at radius 3 is 2.63 bits per heavy atom. The van der Waals surface area contributed by atoms with Gasteiger partial charge in [-0.15, -0.1) is 0 Å². The molecule has 0 saturated heterocycles. The molecule has 0 saturated carbocycles. The van der Waals surface area contributed by atoms with Crippen LogP contribution in [0.4, 0.5) is 5.13 Å². The minimum absolute atomic E-state index is 0.0378. The number of methoxy groups -OCH3 is 2. The number of anilines is 1. The quantitative estimate of drug-likeness (QED) is 0.540. The molecule has 158 valence electrons. The molecule has 0 aliphatic carbocycles. The first-order chi connectivity index (χ1) is 14.5. The molecule has 0 radical (unpaired) electrons. The van der Waals surface area contributed by atoms with Crippen molar-refractivity contribution in [3.8, 4) is 11.5 Å². The van der Waals surface area contributed by atoms with Gasteiger partial charge in [0.15, 0.2) is 5.13 Å². The van der Waals surface area contributed by atoms with Crippen LogP contribution in [0.15, 0.2) is 36.4 Å². The Balaban J connectivity index is 1.63. The van der Waals surface area contributed by atoms with Gasteiger partial charge in [-0.2, -0.15) is 0 Å². The van der Waals surface area contributed by atoms with Gasteiger partial charge in [0.2, 0.25) is 11.8 Å². The van der Waals surface area contributed by atoms with Gasteiger partial charge in [0.05, 0.1) is 30.9 Å². The Kier molecular flexibility index (Phi) is 7.24. The molecule has 1 aromatic heterocycles. The fourth-order valence-corrected chi connectivity index (χ4v) is 3.95. The van der Waals surface area contributed by atoms with Gasteiger partial charge in [-0.1, -0.05) is 24.3 Å². The number of amides is 2. The van der Waals surface area contributed by atoms with E-state index in [1.54, 1.807) is 14.2 Å². The summed E-state index contributed by atoms with van der Waals surface area (Å²) < 4.78 is 11.5. The van der Waals surface area contributed by atoms with Crippen LogP contribution >= 0.6 is 11.3 Å². The monoisotopic (exact) mass is 427 g/mol. The molecule has 0 fully saturated rings. The number of nitrogens with zero attached hydrogens (tertiary/aromatic N) is 1. The van der Waals surface area contributed by atoms with Crippen LogP contribution in [0, 0.1) is 0 Å². The average Bonchev–Trinajstić information content (AvgIpc) is 3.13. The fraction of sp³-hybridized carbons (Fsp3) is 0.318. The normalized spacial score (nSPS) is 10.6. The zero-order valence-electron chi connectivity index (χ0n) is 17.3. The van der Waals surface area contributed by atoms with Crippen LogP contribution in [0.2, 0.25) is 0 Å². The Bertz CT molecular complexity index is 1050. The summed E-state index contributed by atoms with van der Waals surface area (Å²) >= 11 is 1.41. The van der Waals surface area contributed by atoms with Crippen LogP contribution in [-0.2, 0) is 22.6 Å². The van der Waals surface area contributed by atoms with Crippen molar-refractivity contribution >= 4 is 38.5 Å². The molecule has 0 aliphatic rings. The number of nitrogens with one attached hydrogen (secondary N) is 2. The summed E-state index contributed by atoms with van der Waals surface area (Å²) in [6.07, 6.45) is 1.51. The Hall–Kier alpha value is -3.13. The zero-order valence-corrected chi connectivity index (χ0v) is 18.1. The summed E-state index contributed by atoms with van der Waals surface area (Å²) in [5.74, 6) is 1.27. The van der Waals surface area contributed by atoms with Crippen LogP contribution in [-0.4, -0.2) is 31.0 Å². The molecule has 2 amide bonds. The summed E-state index contributed by atoms with van der Waals surface area (Å²) in [6, 6.07) is 11.2. The molecule has 0 aliphatic heterocycles. The maximum Gasteiger partial charge on any atom is 0.226 e. The molecule has 1 heterocycles. The number of carbonyl (C=O) groups is 2. The van der Waals surface area contributed by atoms with Crippen molar-refractivity contribution in [3.05, 3.63) is 47.5 Å². The first kappa shape index (κ1) is 21.6. The highest BCUT2D eigenvalue weighted by atomic mass is 32.1. The van der Waals surface area contributed by atoms with Gasteiger partial charge >= 0.3 is 0 Å². The van der Waals surface area contributed by atoms with E-state index in [0.29, 0.717) is 29.6 Å². The van der Waals surface area contributed by atoms with Crippen LogP contribution in [0.25, 0.3) is 10.2 Å². The molecule has 8 heteroatoms. The minimum atomic E-state index is -0.0970. The van der Waals surface area contributed by atoms with Crippen molar-refractivity contribution in [2.45, 2.75) is 32.7 Å². The third kappa shape index (κ3) is 5.48. The number of aromatic nitrogens is 1. The van der Waals surface area contributed by atoms with E-state index < -0.39 is 0 Å². The lowest BCUT2D eigenvalue weighted by molar-refractivity contribution is -0.120. The predicted molar refractivity (Wildman–Crippen MR) is 118 cm³/mol. The van der Waals surface area contributed by atoms with Crippen molar-refractivity contribution in [2.75, 3.05) is 19.5 Å². The van der Waals surface area contributed by atoms with E-state index >= 15 is 0 Å². The summed E-state index contributed by atoms with van der Waals surface area (Å²) in [6.45, 7) is 2.30. The lowest BCUT2D eigenvalue weighted by atomic mass is 10.1. The van der Waals surface area contributed by atoms with Gasteiger partial charge in [-0.25, -0.2) is 4.98 Å². The molecule has 7 nitrogen and oxygen atoms in total. The second kappa shape index (κ2) is 10.1. The van der Waals surface area contributed by atoms with E-state index in [9.17, 15) is 9.59 Å². The van der Waals surface area contributed by atoms with Crippen molar-refractivity contribution in [2.24, 2.45) is 0 Å². The topological polar surface area (TPSA) is 89.6 Å². The lowest BCUT2D eigenvalue weighted by Gasteiger charge is -2.11. The van der Waals surface area contributed by atoms with E-state index in [-0.39, 0.29) is 18.2 Å². The standard InChI is InChI=1S/C22H25N3O4S/c1-4-5-20(26)25-22-24-17-8-6-14(10-19(17)30-22)11-21(27)23-13-15-12-16(28-2)7-9-18(15)29-3/h6-10,12H,4-5,11,13H2,1-3H3,(H,23,27)(H,24,25,26). The van der Waals surface area contributed by atoms with Gasteiger partial charge in [0, 0.05) is 18.5 Å². The second-order valence-electron chi connectivity index (χ2n) is 6.75. The van der Waals surface area contributed by atoms with E-state index in [4.69, 9.17) is 9.47 Å². The molecule has 3 rings (SSSR count). The number of hydrogen-bond acceptors (Lipinski definition) is 6. The number of ether oxygens (including phenoxy) is 2. The van der Waals surface area contributed by atoms with Gasteiger partial charge in [-0.3, -0.25) is 9.59 Å². The van der Waals surface area contributed by atoms with Crippen molar-refractivity contribution in [1.29, 1.82) is 0 Å². The molecule has 30 heavy (non-hydrogen) atoms. The highest BCUT2D eigenvalue weighted by Crippen LogP contribution is 2.27. The minimum Gasteiger partial charge on any atom is -0.497 e. The number of carbonyl (C=O) groups excluding carboxylic acids is 2. The van der Waals surface area contributed by atoms with E-state index in [1.807, 2.05) is 43.3 Å². The molecule has 0 unspecified atom stereocenters. The molecule has 3 aromatic rings. The van der Waals surface area contributed by atoms with Gasteiger partial charge in [0.25, 0.3) is 0 Å². The molecule has 2 aromatic carbocycles. The zero-order chi connectivity index (χ0) is 21.5. The maximum atomic E-state index is 12.4. The van der Waals surface area contributed by atoms with E-state index in [2.05, 4.69) is 15.6 Å². The summed E-state index contributed by atoms with van der Waals surface area (Å²) in [5.41, 5.74) is 2.53. The smallest absolute Gasteiger partial charge is 0.226 e. The summed E-state index contributed by atoms with van der Waals surface area (Å²) in [7, 11) is 3.19. The SMILES string of the molecule is CCCC(=O)Nc1nc2ccc(CC(=O)NCc3cc(OC)ccc3OC)cc2s1. The molecule has 2 N–H and O–H groups in total. The molecule has 0 spiro atoms. The number of benzene rings is 2. The van der Waals surface area contributed by atoms with E-state index in [0.717, 1.165) is 27.8 Å². The van der Waals surface area contributed by atoms with Crippen LogP contribution in [0.3, 0.4) is 0 Å². The van der Waals surface area contributed by atoms with Gasteiger partial charge in [0.1, 0.15) is 11.5 Å². The molecule has 0 atom stereocenters. The first-order valence-corrected chi connectivity index (χ1v) is 10.5. The van der Waals surface area contributed by atoms with E-state index in [1.165, 1.54) is 11.3 Å². The van der Waals surface area contributed by atoms with Crippen LogP contribution < -0.4 is 20.1 Å². The van der Waals surface area contributed by atoms with Crippen LogP contribution in [0.5, 0.6) is 11.5 Å². The highest BCUT2D eigenvalue weighted by Gasteiger charge is 2.11. The number of hydrogen-bond donors (Lipinski definition) is 2. The molecular formula is C22H25N3O4S. The fourth-order valence-electron chi connectivity index (χ4n) is 3.00. The predicted octanol–water partition coefficient (Wildman–Crippen LogP) is 3.91. The first-order valence-electron chi connectivity index (χ1n) is 9.69. The Morgan fingerprint density at radius 1 is 1.07 bits per heavy atom. The Morgan fingerprint density at radius 2 is 1.90 bits per heavy atom. The van der Waals surface area contributed by atoms with Gasteiger partial charge in [-0.05, 0) is 42.3 Å². The second-order valence-corrected chi connectivity index (χ2v) is 7.78. The number of thiazole rings is 1. The molecular weight excluding hydrogens is 402 g/mol. The van der Waals surface area contributed by atoms with Crippen molar-refractivity contribution in [1.82, 2.24) is 10.3 Å². The Labute approximate surface area is 179 Å².